The van der Waals surface area contributed by atoms with E-state index in [1.165, 1.54) is 31.4 Å². The second-order valence-electron chi connectivity index (χ2n) is 6.25. The van der Waals surface area contributed by atoms with E-state index in [0.29, 0.717) is 12.0 Å². The quantitative estimate of drug-likeness (QED) is 0.905. The van der Waals surface area contributed by atoms with Crippen molar-refractivity contribution in [3.8, 4) is 0 Å². The summed E-state index contributed by atoms with van der Waals surface area (Å²) >= 11 is 0. The van der Waals surface area contributed by atoms with E-state index in [2.05, 4.69) is 21.8 Å². The molecule has 0 spiro atoms. The molecule has 2 atom stereocenters. The first-order chi connectivity index (χ1) is 9.22. The zero-order valence-corrected chi connectivity index (χ0v) is 11.8. The van der Waals surface area contributed by atoms with E-state index in [1.807, 2.05) is 6.92 Å². The summed E-state index contributed by atoms with van der Waals surface area (Å²) in [4.78, 5) is 2.42. The minimum Gasteiger partial charge on any atom is -0.393 e. The third-order valence-electron chi connectivity index (χ3n) is 4.74. The van der Waals surface area contributed by atoms with Gasteiger partial charge in [-0.15, -0.1) is 0 Å². The minimum atomic E-state index is -0.180. The first kappa shape index (κ1) is 13.1. The molecule has 106 valence electrons. The Morgan fingerprint density at radius 2 is 2.16 bits per heavy atom. The average molecular weight is 263 g/mol. The minimum absolute atomic E-state index is 0.180. The molecule has 19 heavy (non-hydrogen) atoms. The molecule has 1 N–H and O–H groups in total. The molecule has 0 aromatic carbocycles. The summed E-state index contributed by atoms with van der Waals surface area (Å²) in [7, 11) is 0. The van der Waals surface area contributed by atoms with Crippen LogP contribution in [0.3, 0.4) is 0 Å². The maximum Gasteiger partial charge on any atom is 0.0764 e. The molecule has 2 aliphatic rings. The molecule has 1 saturated heterocycles. The Morgan fingerprint density at radius 1 is 1.37 bits per heavy atom. The number of aliphatic hydroxyl groups is 1. The molecule has 1 aromatic heterocycles. The lowest BCUT2D eigenvalue weighted by atomic mass is 10.0. The van der Waals surface area contributed by atoms with Gasteiger partial charge in [-0.2, -0.15) is 5.10 Å². The topological polar surface area (TPSA) is 41.3 Å². The molecule has 2 unspecified atom stereocenters. The second-order valence-corrected chi connectivity index (χ2v) is 6.25. The van der Waals surface area contributed by atoms with Crippen LogP contribution in [0.2, 0.25) is 0 Å². The Kier molecular flexibility index (Phi) is 3.89. The summed E-state index contributed by atoms with van der Waals surface area (Å²) in [6.45, 7) is 4.94. The van der Waals surface area contributed by atoms with Crippen molar-refractivity contribution in [2.75, 3.05) is 13.1 Å². The fourth-order valence-corrected chi connectivity index (χ4v) is 3.46. The van der Waals surface area contributed by atoms with Crippen LogP contribution < -0.4 is 0 Å². The number of hydrogen-bond acceptors (Lipinski definition) is 3. The molecule has 1 aliphatic carbocycles. The van der Waals surface area contributed by atoms with Crippen LogP contribution in [0.25, 0.3) is 0 Å². The molecule has 4 nitrogen and oxygen atoms in total. The van der Waals surface area contributed by atoms with Gasteiger partial charge in [-0.1, -0.05) is 12.8 Å². The summed E-state index contributed by atoms with van der Waals surface area (Å²) < 4.78 is 2.17. The number of aliphatic hydroxyl groups excluding tert-OH is 1. The molecule has 2 fully saturated rings. The lowest BCUT2D eigenvalue weighted by molar-refractivity contribution is 0.127. The van der Waals surface area contributed by atoms with Gasteiger partial charge >= 0.3 is 0 Å². The maximum atomic E-state index is 9.64. The van der Waals surface area contributed by atoms with E-state index < -0.39 is 0 Å². The molecule has 4 heteroatoms. The van der Waals surface area contributed by atoms with Crippen molar-refractivity contribution in [2.45, 2.75) is 57.7 Å². The molecule has 1 saturated carbocycles. The Labute approximate surface area is 115 Å². The first-order valence-electron chi connectivity index (χ1n) is 7.67. The van der Waals surface area contributed by atoms with Gasteiger partial charge in [0.1, 0.15) is 0 Å². The van der Waals surface area contributed by atoms with Crippen molar-refractivity contribution < 1.29 is 5.11 Å². The summed E-state index contributed by atoms with van der Waals surface area (Å²) in [6.07, 6.45) is 8.35. The molecule has 0 bridgehead atoms. The third kappa shape index (κ3) is 3.00. The van der Waals surface area contributed by atoms with Gasteiger partial charge in [0.15, 0.2) is 0 Å². The SMILES string of the molecule is CC(O)C1CCN(Cc2ccn(C3CCCC3)n2)C1. The lowest BCUT2D eigenvalue weighted by Gasteiger charge is -2.16. The van der Waals surface area contributed by atoms with Crippen LogP contribution in [0.1, 0.15) is 50.8 Å². The van der Waals surface area contributed by atoms with Gasteiger partial charge in [0.05, 0.1) is 17.8 Å². The molecule has 2 heterocycles. The number of likely N-dealkylation sites (tertiary alicyclic amines) is 1. The summed E-state index contributed by atoms with van der Waals surface area (Å²) in [6, 6.07) is 2.80. The number of aromatic nitrogens is 2. The van der Waals surface area contributed by atoms with Crippen molar-refractivity contribution in [3.63, 3.8) is 0 Å². The maximum absolute atomic E-state index is 9.64. The van der Waals surface area contributed by atoms with Gasteiger partial charge < -0.3 is 5.11 Å². The smallest absolute Gasteiger partial charge is 0.0764 e. The third-order valence-corrected chi connectivity index (χ3v) is 4.74. The highest BCUT2D eigenvalue weighted by Crippen LogP contribution is 2.29. The van der Waals surface area contributed by atoms with Gasteiger partial charge in [-0.3, -0.25) is 9.58 Å². The number of nitrogens with zero attached hydrogens (tertiary/aromatic N) is 3. The molecule has 1 aliphatic heterocycles. The van der Waals surface area contributed by atoms with Crippen LogP contribution in [0.4, 0.5) is 0 Å². The summed E-state index contributed by atoms with van der Waals surface area (Å²) in [5.41, 5.74) is 1.18. The number of rotatable bonds is 4. The van der Waals surface area contributed by atoms with E-state index in [9.17, 15) is 5.11 Å². The largest absolute Gasteiger partial charge is 0.393 e. The van der Waals surface area contributed by atoms with E-state index >= 15 is 0 Å². The van der Waals surface area contributed by atoms with E-state index in [4.69, 9.17) is 5.10 Å². The molecule has 0 amide bonds. The van der Waals surface area contributed by atoms with Gasteiger partial charge in [0.2, 0.25) is 0 Å². The van der Waals surface area contributed by atoms with Gasteiger partial charge in [-0.25, -0.2) is 0 Å². The summed E-state index contributed by atoms with van der Waals surface area (Å²) in [5.74, 6) is 0.442. The van der Waals surface area contributed by atoms with Crippen LogP contribution in [-0.2, 0) is 6.54 Å². The average Bonchev–Trinajstić information content (AvgIpc) is 3.09. The van der Waals surface area contributed by atoms with Gasteiger partial charge in [-0.05, 0) is 44.7 Å². The van der Waals surface area contributed by atoms with Gasteiger partial charge in [0, 0.05) is 19.3 Å². The summed E-state index contributed by atoms with van der Waals surface area (Å²) in [5, 5.41) is 14.4. The van der Waals surface area contributed by atoms with Crippen molar-refractivity contribution in [1.29, 1.82) is 0 Å². The predicted octanol–water partition coefficient (Wildman–Crippen LogP) is 2.20. The Bertz CT molecular complexity index is 409. The van der Waals surface area contributed by atoms with Crippen molar-refractivity contribution >= 4 is 0 Å². The Morgan fingerprint density at radius 3 is 2.84 bits per heavy atom. The van der Waals surface area contributed by atoms with Crippen LogP contribution in [0.5, 0.6) is 0 Å². The lowest BCUT2D eigenvalue weighted by Crippen LogP contribution is -2.24. The fourth-order valence-electron chi connectivity index (χ4n) is 3.46. The van der Waals surface area contributed by atoms with Crippen LogP contribution in [0.15, 0.2) is 12.3 Å². The van der Waals surface area contributed by atoms with Crippen molar-refractivity contribution in [2.24, 2.45) is 5.92 Å². The van der Waals surface area contributed by atoms with E-state index in [1.54, 1.807) is 0 Å². The van der Waals surface area contributed by atoms with Crippen LogP contribution in [-0.4, -0.2) is 39.0 Å². The van der Waals surface area contributed by atoms with Crippen LogP contribution >= 0.6 is 0 Å². The molecule has 0 radical (unpaired) electrons. The monoisotopic (exact) mass is 263 g/mol. The molecular weight excluding hydrogens is 238 g/mol. The second kappa shape index (κ2) is 5.63. The zero-order valence-electron chi connectivity index (χ0n) is 11.8. The van der Waals surface area contributed by atoms with Crippen molar-refractivity contribution in [1.82, 2.24) is 14.7 Å². The standard InChI is InChI=1S/C15H25N3O/c1-12(19)13-6-8-17(10-13)11-14-7-9-18(16-14)15-4-2-3-5-15/h7,9,12-13,15,19H,2-6,8,10-11H2,1H3. The Hall–Kier alpha value is -0.870. The van der Waals surface area contributed by atoms with Crippen LogP contribution in [0, 0.1) is 5.92 Å². The predicted molar refractivity (Wildman–Crippen MR) is 74.8 cm³/mol. The van der Waals surface area contributed by atoms with E-state index in [-0.39, 0.29) is 6.10 Å². The number of hydrogen-bond donors (Lipinski definition) is 1. The molecular formula is C15H25N3O. The van der Waals surface area contributed by atoms with E-state index in [0.717, 1.165) is 26.1 Å². The highest BCUT2D eigenvalue weighted by atomic mass is 16.3. The first-order valence-corrected chi connectivity index (χ1v) is 7.67. The highest BCUT2D eigenvalue weighted by Gasteiger charge is 2.26. The normalized spacial score (nSPS) is 27.2. The fraction of sp³-hybridized carbons (Fsp3) is 0.800. The molecule has 1 aromatic rings. The highest BCUT2D eigenvalue weighted by molar-refractivity contribution is 5.01. The Balaban J connectivity index is 1.56. The van der Waals surface area contributed by atoms with Crippen molar-refractivity contribution in [3.05, 3.63) is 18.0 Å². The molecule has 3 rings (SSSR count). The zero-order chi connectivity index (χ0) is 13.2. The van der Waals surface area contributed by atoms with Gasteiger partial charge in [0.25, 0.3) is 0 Å².